The van der Waals surface area contributed by atoms with E-state index >= 15 is 0 Å². The van der Waals surface area contributed by atoms with Crippen molar-refractivity contribution >= 4 is 23.4 Å². The molecule has 0 spiro atoms. The molecule has 0 radical (unpaired) electrons. The summed E-state index contributed by atoms with van der Waals surface area (Å²) in [6.07, 6.45) is 1.74. The van der Waals surface area contributed by atoms with E-state index in [0.29, 0.717) is 17.4 Å². The second-order valence-corrected chi connectivity index (χ2v) is 5.22. The van der Waals surface area contributed by atoms with E-state index in [9.17, 15) is 9.18 Å². The summed E-state index contributed by atoms with van der Waals surface area (Å²) in [5.41, 5.74) is 0.435. The van der Waals surface area contributed by atoms with E-state index in [1.165, 1.54) is 23.9 Å². The van der Waals surface area contributed by atoms with Crippen molar-refractivity contribution < 1.29 is 9.18 Å². The number of benzene rings is 1. The Kier molecular flexibility index (Phi) is 5.10. The second-order valence-electron chi connectivity index (χ2n) is 4.28. The molecule has 1 aromatic carbocycles. The van der Waals surface area contributed by atoms with Crippen molar-refractivity contribution in [2.45, 2.75) is 18.6 Å². The van der Waals surface area contributed by atoms with Gasteiger partial charge in [0.05, 0.1) is 5.75 Å². The summed E-state index contributed by atoms with van der Waals surface area (Å²) in [5, 5.41) is 11.3. The lowest BCUT2D eigenvalue weighted by molar-refractivity contribution is -0.113. The Morgan fingerprint density at radius 3 is 3.05 bits per heavy atom. The fourth-order valence-corrected chi connectivity index (χ4v) is 2.49. The minimum atomic E-state index is -0.387. The Balaban J connectivity index is 1.94. The Morgan fingerprint density at radius 2 is 2.33 bits per heavy atom. The molecule has 0 saturated heterocycles. The van der Waals surface area contributed by atoms with E-state index in [1.807, 2.05) is 11.5 Å². The minimum Gasteiger partial charge on any atom is -0.325 e. The normalized spacial score (nSPS) is 10.4. The number of aryl methyl sites for hydroxylation is 1. The average Bonchev–Trinajstić information content (AvgIpc) is 2.78. The first kappa shape index (κ1) is 15.2. The fourth-order valence-electron chi connectivity index (χ4n) is 1.70. The molecule has 21 heavy (non-hydrogen) atoms. The molecule has 0 saturated carbocycles. The SMILES string of the molecule is C=CCn1c(C)nnc1SCC(=O)Nc1cccc(F)c1. The lowest BCUT2D eigenvalue weighted by Gasteiger charge is -2.06. The summed E-state index contributed by atoms with van der Waals surface area (Å²) >= 11 is 1.28. The highest BCUT2D eigenvalue weighted by molar-refractivity contribution is 7.99. The Bertz CT molecular complexity index is 656. The Labute approximate surface area is 126 Å². The van der Waals surface area contributed by atoms with Crippen LogP contribution in [-0.4, -0.2) is 26.4 Å². The predicted molar refractivity (Wildman–Crippen MR) is 80.7 cm³/mol. The summed E-state index contributed by atoms with van der Waals surface area (Å²) in [7, 11) is 0. The summed E-state index contributed by atoms with van der Waals surface area (Å²) < 4.78 is 14.9. The fraction of sp³-hybridized carbons (Fsp3) is 0.214. The van der Waals surface area contributed by atoms with E-state index in [-0.39, 0.29) is 17.5 Å². The minimum absolute atomic E-state index is 0.172. The number of anilines is 1. The third-order valence-corrected chi connectivity index (χ3v) is 3.62. The number of rotatable bonds is 6. The lowest BCUT2D eigenvalue weighted by Crippen LogP contribution is -2.14. The maximum Gasteiger partial charge on any atom is 0.234 e. The standard InChI is InChI=1S/C14H15FN4OS/c1-3-7-19-10(2)17-18-14(19)21-9-13(20)16-12-6-4-5-11(15)8-12/h3-6,8H,1,7,9H2,2H3,(H,16,20). The van der Waals surface area contributed by atoms with Crippen molar-refractivity contribution in [3.63, 3.8) is 0 Å². The molecular weight excluding hydrogens is 291 g/mol. The number of nitrogens with zero attached hydrogens (tertiary/aromatic N) is 3. The van der Waals surface area contributed by atoms with Gasteiger partial charge in [-0.1, -0.05) is 23.9 Å². The summed E-state index contributed by atoms with van der Waals surface area (Å²) in [6.45, 7) is 6.11. The van der Waals surface area contributed by atoms with Gasteiger partial charge in [-0.25, -0.2) is 4.39 Å². The highest BCUT2D eigenvalue weighted by Crippen LogP contribution is 2.17. The van der Waals surface area contributed by atoms with Crippen LogP contribution in [0.5, 0.6) is 0 Å². The van der Waals surface area contributed by atoms with Crippen molar-refractivity contribution in [1.29, 1.82) is 0 Å². The molecule has 1 aromatic heterocycles. The van der Waals surface area contributed by atoms with E-state index in [2.05, 4.69) is 22.1 Å². The van der Waals surface area contributed by atoms with Crippen molar-refractivity contribution in [2.24, 2.45) is 0 Å². The molecule has 110 valence electrons. The zero-order valence-electron chi connectivity index (χ0n) is 11.5. The number of halogens is 1. The van der Waals surface area contributed by atoms with Crippen LogP contribution in [0.1, 0.15) is 5.82 Å². The van der Waals surface area contributed by atoms with Gasteiger partial charge in [0.1, 0.15) is 11.6 Å². The van der Waals surface area contributed by atoms with Crippen LogP contribution in [0, 0.1) is 12.7 Å². The highest BCUT2D eigenvalue weighted by atomic mass is 32.2. The molecule has 1 amide bonds. The van der Waals surface area contributed by atoms with Gasteiger partial charge in [0.25, 0.3) is 0 Å². The van der Waals surface area contributed by atoms with Crippen LogP contribution in [0.2, 0.25) is 0 Å². The summed E-state index contributed by atoms with van der Waals surface area (Å²) in [4.78, 5) is 11.8. The van der Waals surface area contributed by atoms with Crippen LogP contribution >= 0.6 is 11.8 Å². The first-order valence-corrected chi connectivity index (χ1v) is 7.27. The molecule has 0 aliphatic carbocycles. The molecule has 7 heteroatoms. The number of nitrogens with one attached hydrogen (secondary N) is 1. The van der Waals surface area contributed by atoms with Crippen LogP contribution in [-0.2, 0) is 11.3 Å². The zero-order valence-corrected chi connectivity index (χ0v) is 12.4. The van der Waals surface area contributed by atoms with Crippen LogP contribution < -0.4 is 5.32 Å². The third-order valence-electron chi connectivity index (χ3n) is 2.65. The zero-order chi connectivity index (χ0) is 15.2. The van der Waals surface area contributed by atoms with Gasteiger partial charge in [-0.3, -0.25) is 4.79 Å². The molecule has 2 rings (SSSR count). The maximum absolute atomic E-state index is 13.0. The van der Waals surface area contributed by atoms with Crippen molar-refractivity contribution in [1.82, 2.24) is 14.8 Å². The number of allylic oxidation sites excluding steroid dienone is 1. The van der Waals surface area contributed by atoms with E-state index < -0.39 is 0 Å². The highest BCUT2D eigenvalue weighted by Gasteiger charge is 2.11. The Hall–Kier alpha value is -2.15. The molecular formula is C14H15FN4OS. The van der Waals surface area contributed by atoms with Crippen molar-refractivity contribution in [3.05, 3.63) is 48.6 Å². The van der Waals surface area contributed by atoms with E-state index in [4.69, 9.17) is 0 Å². The summed E-state index contributed by atoms with van der Waals surface area (Å²) in [5.74, 6) is 0.326. The molecule has 2 aromatic rings. The average molecular weight is 306 g/mol. The number of hydrogen-bond donors (Lipinski definition) is 1. The molecule has 5 nitrogen and oxygen atoms in total. The Morgan fingerprint density at radius 1 is 1.52 bits per heavy atom. The maximum atomic E-state index is 13.0. The van der Waals surface area contributed by atoms with Gasteiger partial charge < -0.3 is 9.88 Å². The van der Waals surface area contributed by atoms with Crippen molar-refractivity contribution in [2.75, 3.05) is 11.1 Å². The van der Waals surface area contributed by atoms with E-state index in [1.54, 1.807) is 18.2 Å². The third kappa shape index (κ3) is 4.16. The first-order valence-electron chi connectivity index (χ1n) is 6.29. The lowest BCUT2D eigenvalue weighted by atomic mass is 10.3. The van der Waals surface area contributed by atoms with Crippen LogP contribution in [0.3, 0.4) is 0 Å². The molecule has 1 heterocycles. The van der Waals surface area contributed by atoms with Crippen molar-refractivity contribution in [3.8, 4) is 0 Å². The van der Waals surface area contributed by atoms with Crippen LogP contribution in [0.4, 0.5) is 10.1 Å². The summed E-state index contributed by atoms with van der Waals surface area (Å²) in [6, 6.07) is 5.77. The van der Waals surface area contributed by atoms with Gasteiger partial charge in [0.15, 0.2) is 5.16 Å². The van der Waals surface area contributed by atoms with Crippen LogP contribution in [0.15, 0.2) is 42.1 Å². The largest absolute Gasteiger partial charge is 0.325 e. The van der Waals surface area contributed by atoms with Crippen LogP contribution in [0.25, 0.3) is 0 Å². The number of hydrogen-bond acceptors (Lipinski definition) is 4. The van der Waals surface area contributed by atoms with Gasteiger partial charge in [0, 0.05) is 12.2 Å². The van der Waals surface area contributed by atoms with Gasteiger partial charge >= 0.3 is 0 Å². The molecule has 0 atom stereocenters. The second kappa shape index (κ2) is 7.03. The molecule has 0 unspecified atom stereocenters. The van der Waals surface area contributed by atoms with Gasteiger partial charge in [-0.05, 0) is 25.1 Å². The monoisotopic (exact) mass is 306 g/mol. The van der Waals surface area contributed by atoms with Gasteiger partial charge in [-0.15, -0.1) is 16.8 Å². The van der Waals surface area contributed by atoms with E-state index in [0.717, 1.165) is 5.82 Å². The molecule has 1 N–H and O–H groups in total. The number of amides is 1. The topological polar surface area (TPSA) is 59.8 Å². The molecule has 0 bridgehead atoms. The number of thioether (sulfide) groups is 1. The number of aromatic nitrogens is 3. The quantitative estimate of drug-likeness (QED) is 0.658. The number of carbonyl (C=O) groups excluding carboxylic acids is 1. The number of carbonyl (C=O) groups is 1. The molecule has 0 aliphatic rings. The smallest absolute Gasteiger partial charge is 0.234 e. The molecule has 0 aliphatic heterocycles. The first-order chi connectivity index (χ1) is 10.1. The molecule has 0 fully saturated rings. The van der Waals surface area contributed by atoms with Gasteiger partial charge in [-0.2, -0.15) is 0 Å². The predicted octanol–water partition coefficient (Wildman–Crippen LogP) is 2.64. The van der Waals surface area contributed by atoms with Gasteiger partial charge in [0.2, 0.25) is 5.91 Å².